The van der Waals surface area contributed by atoms with E-state index >= 15 is 0 Å². The molecule has 0 aliphatic heterocycles. The van der Waals surface area contributed by atoms with E-state index in [0.717, 1.165) is 0 Å². The Morgan fingerprint density at radius 3 is 0.968 bits per heavy atom. The van der Waals surface area contributed by atoms with E-state index in [9.17, 15) is 4.91 Å². The Balaban J connectivity index is 0. The summed E-state index contributed by atoms with van der Waals surface area (Å²) in [6, 6.07) is 0. The van der Waals surface area contributed by atoms with Crippen LogP contribution in [0.5, 0.6) is 0 Å². The molecule has 0 spiro atoms. The van der Waals surface area contributed by atoms with Crippen LogP contribution in [0.15, 0.2) is 0 Å². The Labute approximate surface area is 195 Å². The van der Waals surface area contributed by atoms with Crippen molar-refractivity contribution in [2.24, 2.45) is 0 Å². The SMILES string of the molecule is CCCCCCCCN(CCCCCCCC)CCCCCCCC.CO[N+](=O)OC. The number of unbranched alkanes of at least 4 members (excludes halogenated alkanes) is 15. The minimum Gasteiger partial charge on any atom is -0.303 e. The number of hydrogen-bond acceptors (Lipinski definition) is 4. The van der Waals surface area contributed by atoms with Crippen LogP contribution in [0, 0.1) is 4.91 Å². The third-order valence-corrected chi connectivity index (χ3v) is 5.78. The molecular formula is C26H57N2O3+. The smallest absolute Gasteiger partial charge is 0.303 e. The third-order valence-electron chi connectivity index (χ3n) is 5.78. The molecule has 0 unspecified atom stereocenters. The van der Waals surface area contributed by atoms with E-state index < -0.39 is 0 Å². The number of hydrogen-bond donors (Lipinski definition) is 0. The average Bonchev–Trinajstić information content (AvgIpc) is 2.79. The van der Waals surface area contributed by atoms with Crippen LogP contribution in [0.2, 0.25) is 0 Å². The summed E-state index contributed by atoms with van der Waals surface area (Å²) in [5.74, 6) is 0. The lowest BCUT2D eigenvalue weighted by atomic mass is 10.1. The zero-order valence-corrected chi connectivity index (χ0v) is 22.0. The summed E-state index contributed by atoms with van der Waals surface area (Å²) in [6.45, 7) is 11.0. The summed E-state index contributed by atoms with van der Waals surface area (Å²) >= 11 is 0. The first kappa shape index (κ1) is 32.3. The molecule has 0 aliphatic rings. The molecule has 0 aromatic rings. The highest BCUT2D eigenvalue weighted by atomic mass is 17.0. The van der Waals surface area contributed by atoms with Gasteiger partial charge in [0.25, 0.3) is 0 Å². The molecule has 0 bridgehead atoms. The molecule has 0 aromatic carbocycles. The van der Waals surface area contributed by atoms with Crippen LogP contribution in [-0.4, -0.2) is 43.8 Å². The second-order valence-electron chi connectivity index (χ2n) is 8.73. The van der Waals surface area contributed by atoms with Crippen molar-refractivity contribution in [1.29, 1.82) is 0 Å². The summed E-state index contributed by atoms with van der Waals surface area (Å²) in [6.07, 6.45) is 25.7. The quantitative estimate of drug-likeness (QED) is 0.117. The van der Waals surface area contributed by atoms with Gasteiger partial charge >= 0.3 is 5.09 Å². The molecule has 0 amide bonds. The van der Waals surface area contributed by atoms with Crippen LogP contribution in [0.1, 0.15) is 136 Å². The van der Waals surface area contributed by atoms with E-state index in [4.69, 9.17) is 0 Å². The normalized spacial score (nSPS) is 10.6. The lowest BCUT2D eigenvalue weighted by Gasteiger charge is -2.22. The fourth-order valence-corrected chi connectivity index (χ4v) is 3.76. The largest absolute Gasteiger partial charge is 0.476 e. The van der Waals surface area contributed by atoms with Crippen molar-refractivity contribution in [3.05, 3.63) is 4.91 Å². The molecule has 5 nitrogen and oxygen atoms in total. The van der Waals surface area contributed by atoms with Gasteiger partial charge < -0.3 is 4.90 Å². The minimum absolute atomic E-state index is 0. The van der Waals surface area contributed by atoms with Crippen LogP contribution in [0.3, 0.4) is 0 Å². The Kier molecular flexibility index (Phi) is 30.4. The predicted octanol–water partition coefficient (Wildman–Crippen LogP) is 8.26. The second kappa shape index (κ2) is 29.2. The first-order chi connectivity index (χ1) is 15.2. The van der Waals surface area contributed by atoms with Gasteiger partial charge in [-0.1, -0.05) is 117 Å². The van der Waals surface area contributed by atoms with Crippen molar-refractivity contribution in [2.45, 2.75) is 136 Å². The van der Waals surface area contributed by atoms with E-state index in [2.05, 4.69) is 35.3 Å². The van der Waals surface area contributed by atoms with E-state index in [-0.39, 0.29) is 5.09 Å². The number of nitrogens with zero attached hydrogens (tertiary/aromatic N) is 2. The molecule has 188 valence electrons. The Morgan fingerprint density at radius 2 is 0.742 bits per heavy atom. The molecule has 31 heavy (non-hydrogen) atoms. The molecule has 0 fully saturated rings. The van der Waals surface area contributed by atoms with Gasteiger partial charge in [-0.25, -0.2) is 0 Å². The molecule has 0 radical (unpaired) electrons. The molecule has 0 saturated carbocycles. The fourth-order valence-electron chi connectivity index (χ4n) is 3.76. The fraction of sp³-hybridized carbons (Fsp3) is 1.00. The zero-order chi connectivity index (χ0) is 23.4. The first-order valence-electron chi connectivity index (χ1n) is 13.4. The molecule has 0 heterocycles. The third kappa shape index (κ3) is 29.2. The van der Waals surface area contributed by atoms with E-state index in [1.54, 1.807) is 0 Å². The maximum Gasteiger partial charge on any atom is 0.476 e. The van der Waals surface area contributed by atoms with Crippen molar-refractivity contribution < 1.29 is 14.8 Å². The zero-order valence-electron chi connectivity index (χ0n) is 22.0. The van der Waals surface area contributed by atoms with Crippen molar-refractivity contribution in [2.75, 3.05) is 33.9 Å². The first-order valence-corrected chi connectivity index (χ1v) is 13.4. The minimum atomic E-state index is 0. The van der Waals surface area contributed by atoms with Gasteiger partial charge in [-0.05, 0) is 38.9 Å². The Morgan fingerprint density at radius 1 is 0.484 bits per heavy atom. The molecule has 5 heteroatoms. The van der Waals surface area contributed by atoms with Gasteiger partial charge in [0.15, 0.2) is 14.2 Å². The van der Waals surface area contributed by atoms with Crippen molar-refractivity contribution in [3.63, 3.8) is 0 Å². The maximum absolute atomic E-state index is 9.65. The van der Waals surface area contributed by atoms with Crippen LogP contribution in [0.4, 0.5) is 0 Å². The maximum atomic E-state index is 9.65. The van der Waals surface area contributed by atoms with Crippen molar-refractivity contribution >= 4 is 0 Å². The summed E-state index contributed by atoms with van der Waals surface area (Å²) in [7, 11) is 2.44. The van der Waals surface area contributed by atoms with Gasteiger partial charge in [0.05, 0.1) is 0 Å². The molecular weight excluding hydrogens is 388 g/mol. The lowest BCUT2D eigenvalue weighted by molar-refractivity contribution is -0.972. The molecule has 0 rings (SSSR count). The summed E-state index contributed by atoms with van der Waals surface area (Å²) in [5, 5.41) is 0. The van der Waals surface area contributed by atoms with Crippen molar-refractivity contribution in [1.82, 2.24) is 4.90 Å². The van der Waals surface area contributed by atoms with Crippen LogP contribution in [-0.2, 0) is 9.68 Å². The lowest BCUT2D eigenvalue weighted by Crippen LogP contribution is -2.27. The topological polar surface area (TPSA) is 41.8 Å². The summed E-state index contributed by atoms with van der Waals surface area (Å²) in [4.78, 5) is 20.4. The van der Waals surface area contributed by atoms with Gasteiger partial charge in [0.2, 0.25) is 0 Å². The average molecular weight is 446 g/mol. The molecule has 0 saturated heterocycles. The molecule has 0 aromatic heterocycles. The van der Waals surface area contributed by atoms with Crippen molar-refractivity contribution in [3.8, 4) is 0 Å². The standard InChI is InChI=1S/C24H51N.C2H6NO3/c1-4-7-10-13-16-19-22-25(23-20-17-14-11-8-5-2)24-21-18-15-12-9-6-3;1-5-3(4)6-2/h4-24H2,1-3H3;1-2H3/q;+1. The predicted molar refractivity (Wildman–Crippen MR) is 134 cm³/mol. The monoisotopic (exact) mass is 445 g/mol. The van der Waals surface area contributed by atoms with Gasteiger partial charge in [-0.3, -0.25) is 0 Å². The van der Waals surface area contributed by atoms with Gasteiger partial charge in [-0.15, -0.1) is 0 Å². The van der Waals surface area contributed by atoms with Crippen LogP contribution >= 0.6 is 0 Å². The van der Waals surface area contributed by atoms with Gasteiger partial charge in [-0.2, -0.15) is 9.68 Å². The highest BCUT2D eigenvalue weighted by Crippen LogP contribution is 2.11. The van der Waals surface area contributed by atoms with E-state index in [0.29, 0.717) is 0 Å². The van der Waals surface area contributed by atoms with Gasteiger partial charge in [0, 0.05) is 0 Å². The Hall–Kier alpha value is -0.840. The highest BCUT2D eigenvalue weighted by Gasteiger charge is 2.05. The summed E-state index contributed by atoms with van der Waals surface area (Å²) < 4.78 is 0. The number of rotatable bonds is 23. The van der Waals surface area contributed by atoms with Gasteiger partial charge in [0.1, 0.15) is 4.91 Å². The molecule has 0 N–H and O–H groups in total. The highest BCUT2D eigenvalue weighted by molar-refractivity contribution is 4.60. The molecule has 0 aliphatic carbocycles. The molecule has 0 atom stereocenters. The Bertz CT molecular complexity index is 297. The van der Waals surface area contributed by atoms with Crippen LogP contribution in [0.25, 0.3) is 0 Å². The van der Waals surface area contributed by atoms with Crippen LogP contribution < -0.4 is 0 Å². The van der Waals surface area contributed by atoms with E-state index in [1.165, 1.54) is 149 Å². The summed E-state index contributed by atoms with van der Waals surface area (Å²) in [5.41, 5.74) is 0. The van der Waals surface area contributed by atoms with E-state index in [1.807, 2.05) is 0 Å². The second-order valence-corrected chi connectivity index (χ2v) is 8.73.